The second-order valence-corrected chi connectivity index (χ2v) is 11.3. The maximum absolute atomic E-state index is 13.6. The summed E-state index contributed by atoms with van der Waals surface area (Å²) in [4.78, 5) is 37.2. The maximum atomic E-state index is 13.6. The number of benzene rings is 1. The Hall–Kier alpha value is -3.67. The van der Waals surface area contributed by atoms with Crippen molar-refractivity contribution in [1.29, 1.82) is 0 Å². The van der Waals surface area contributed by atoms with Crippen LogP contribution in [0.15, 0.2) is 24.5 Å². The Morgan fingerprint density at radius 3 is 2.59 bits per heavy atom. The predicted molar refractivity (Wildman–Crippen MR) is 145 cm³/mol. The third-order valence-corrected chi connectivity index (χ3v) is 7.94. The molecular weight excluding hydrogens is 539 g/mol. The number of hydrogen-bond acceptors (Lipinski definition) is 6. The lowest BCUT2D eigenvalue weighted by Gasteiger charge is -2.35. The van der Waals surface area contributed by atoms with E-state index >= 15 is 0 Å². The van der Waals surface area contributed by atoms with E-state index in [4.69, 9.17) is 4.74 Å². The van der Waals surface area contributed by atoms with Crippen molar-refractivity contribution in [3.05, 3.63) is 41.3 Å². The van der Waals surface area contributed by atoms with E-state index in [2.05, 4.69) is 25.6 Å². The highest BCUT2D eigenvalue weighted by Crippen LogP contribution is 2.40. The van der Waals surface area contributed by atoms with Gasteiger partial charge < -0.3 is 25.5 Å². The molecule has 2 aliphatic rings. The number of aryl methyl sites for hydroxylation is 1. The van der Waals surface area contributed by atoms with Crippen LogP contribution in [0.4, 0.5) is 13.2 Å². The fourth-order valence-corrected chi connectivity index (χ4v) is 5.42. The molecule has 2 fully saturated rings. The Morgan fingerprint density at radius 1 is 1.17 bits per heavy atom. The van der Waals surface area contributed by atoms with Gasteiger partial charge in [0.1, 0.15) is 29.4 Å². The summed E-state index contributed by atoms with van der Waals surface area (Å²) >= 11 is 0. The van der Waals surface area contributed by atoms with Crippen molar-refractivity contribution in [2.24, 2.45) is 11.8 Å². The zero-order chi connectivity index (χ0) is 29.5. The van der Waals surface area contributed by atoms with Gasteiger partial charge in [0.15, 0.2) is 0 Å². The first kappa shape index (κ1) is 28.8. The molecule has 0 saturated heterocycles. The van der Waals surface area contributed by atoms with Gasteiger partial charge in [0.05, 0.1) is 23.3 Å². The number of fused-ring (bicyclic) bond motifs is 1. The minimum Gasteiger partial charge on any atom is -0.493 e. The molecule has 4 atom stereocenters. The van der Waals surface area contributed by atoms with E-state index in [0.717, 1.165) is 25.0 Å². The second kappa shape index (κ2) is 11.3. The normalized spacial score (nSPS) is 21.9. The highest BCUT2D eigenvalue weighted by molar-refractivity contribution is 6.09. The SMILES string of the molecule is Cc1[nH]c2c(-c3cc(C(F)(F)F)ccc3OCC3CC3)ncnc2c1C(=O)NC1CCC(NC(=O)[C@H](C)O)C(C)C1. The number of nitrogens with zero attached hydrogens (tertiary/aromatic N) is 2. The number of halogens is 3. The third-order valence-electron chi connectivity index (χ3n) is 7.94. The lowest BCUT2D eigenvalue weighted by molar-refractivity contribution is -0.137. The highest BCUT2D eigenvalue weighted by Gasteiger charge is 2.34. The molecule has 3 unspecified atom stereocenters. The topological polar surface area (TPSA) is 129 Å². The van der Waals surface area contributed by atoms with Gasteiger partial charge in [0.25, 0.3) is 5.91 Å². The molecule has 2 aromatic heterocycles. The molecule has 2 heterocycles. The Labute approximate surface area is 235 Å². The van der Waals surface area contributed by atoms with Gasteiger partial charge in [-0.3, -0.25) is 9.59 Å². The first-order chi connectivity index (χ1) is 19.4. The van der Waals surface area contributed by atoms with Gasteiger partial charge in [-0.25, -0.2) is 9.97 Å². The predicted octanol–water partition coefficient (Wildman–Crippen LogP) is 4.52. The van der Waals surface area contributed by atoms with E-state index in [0.29, 0.717) is 54.1 Å². The van der Waals surface area contributed by atoms with Crippen molar-refractivity contribution >= 4 is 22.8 Å². The van der Waals surface area contributed by atoms with Crippen molar-refractivity contribution in [2.75, 3.05) is 6.61 Å². The van der Waals surface area contributed by atoms with Gasteiger partial charge in [-0.15, -0.1) is 0 Å². The first-order valence-electron chi connectivity index (χ1n) is 13.9. The summed E-state index contributed by atoms with van der Waals surface area (Å²) < 4.78 is 46.8. The van der Waals surface area contributed by atoms with E-state index in [9.17, 15) is 27.9 Å². The number of nitrogens with one attached hydrogen (secondary N) is 3. The Balaban J connectivity index is 1.41. The molecule has 220 valence electrons. The average molecular weight is 574 g/mol. The Kier molecular flexibility index (Phi) is 7.95. The molecule has 4 N–H and O–H groups in total. The number of aromatic nitrogens is 3. The Bertz CT molecular complexity index is 1450. The van der Waals surface area contributed by atoms with E-state index in [1.54, 1.807) is 6.92 Å². The number of ether oxygens (including phenoxy) is 1. The van der Waals surface area contributed by atoms with Crippen LogP contribution < -0.4 is 15.4 Å². The van der Waals surface area contributed by atoms with Crippen LogP contribution in [0.1, 0.15) is 67.6 Å². The van der Waals surface area contributed by atoms with E-state index in [1.807, 2.05) is 6.92 Å². The average Bonchev–Trinajstić information content (AvgIpc) is 3.67. The lowest BCUT2D eigenvalue weighted by Crippen LogP contribution is -2.49. The molecule has 2 saturated carbocycles. The molecule has 9 nitrogen and oxygen atoms in total. The fraction of sp³-hybridized carbons (Fsp3) is 0.517. The van der Waals surface area contributed by atoms with Gasteiger partial charge in [-0.1, -0.05) is 6.92 Å². The van der Waals surface area contributed by atoms with Crippen LogP contribution in [0.2, 0.25) is 0 Å². The summed E-state index contributed by atoms with van der Waals surface area (Å²) in [6.45, 7) is 5.52. The minimum absolute atomic E-state index is 0.0738. The van der Waals surface area contributed by atoms with Crippen LogP contribution in [0.25, 0.3) is 22.3 Å². The van der Waals surface area contributed by atoms with E-state index in [-0.39, 0.29) is 40.9 Å². The molecule has 2 aliphatic carbocycles. The van der Waals surface area contributed by atoms with E-state index < -0.39 is 23.8 Å². The number of rotatable bonds is 8. The van der Waals surface area contributed by atoms with Gasteiger partial charge >= 0.3 is 6.18 Å². The van der Waals surface area contributed by atoms with Crippen molar-refractivity contribution < 1.29 is 32.6 Å². The summed E-state index contributed by atoms with van der Waals surface area (Å²) in [6.07, 6.45) is -0.445. The van der Waals surface area contributed by atoms with Crippen LogP contribution in [0.3, 0.4) is 0 Å². The monoisotopic (exact) mass is 573 g/mol. The number of carbonyl (C=O) groups is 2. The zero-order valence-corrected chi connectivity index (χ0v) is 23.1. The molecule has 1 aromatic carbocycles. The molecule has 5 rings (SSSR count). The molecule has 41 heavy (non-hydrogen) atoms. The molecule has 0 spiro atoms. The summed E-state index contributed by atoms with van der Waals surface area (Å²) in [5.74, 6) is -0.0143. The largest absolute Gasteiger partial charge is 0.493 e. The van der Waals surface area contributed by atoms with Crippen LogP contribution in [0, 0.1) is 18.8 Å². The summed E-state index contributed by atoms with van der Waals surface area (Å²) in [6, 6.07) is 3.09. The summed E-state index contributed by atoms with van der Waals surface area (Å²) in [7, 11) is 0. The third kappa shape index (κ3) is 6.32. The minimum atomic E-state index is -4.55. The van der Waals surface area contributed by atoms with Crippen molar-refractivity contribution in [1.82, 2.24) is 25.6 Å². The second-order valence-electron chi connectivity index (χ2n) is 11.3. The molecule has 2 amide bonds. The number of aliphatic hydroxyl groups excluding tert-OH is 1. The number of amides is 2. The van der Waals surface area contributed by atoms with Crippen molar-refractivity contribution in [3.63, 3.8) is 0 Å². The fourth-order valence-electron chi connectivity index (χ4n) is 5.42. The smallest absolute Gasteiger partial charge is 0.416 e. The van der Waals surface area contributed by atoms with Gasteiger partial charge in [-0.2, -0.15) is 13.2 Å². The van der Waals surface area contributed by atoms with Crippen molar-refractivity contribution in [2.45, 2.75) is 77.2 Å². The molecule has 3 aromatic rings. The number of aliphatic hydroxyl groups is 1. The van der Waals surface area contributed by atoms with Gasteiger partial charge in [0.2, 0.25) is 5.91 Å². The van der Waals surface area contributed by atoms with Crippen LogP contribution in [0.5, 0.6) is 5.75 Å². The molecule has 12 heteroatoms. The molecule has 0 bridgehead atoms. The van der Waals surface area contributed by atoms with E-state index in [1.165, 1.54) is 19.3 Å². The first-order valence-corrected chi connectivity index (χ1v) is 13.9. The number of H-pyrrole nitrogens is 1. The zero-order valence-electron chi connectivity index (χ0n) is 23.1. The van der Waals surface area contributed by atoms with Crippen LogP contribution in [-0.4, -0.2) is 56.7 Å². The molecular formula is C29H34F3N5O4. The van der Waals surface area contributed by atoms with Gasteiger partial charge in [-0.05, 0) is 76.0 Å². The van der Waals surface area contributed by atoms with Crippen molar-refractivity contribution in [3.8, 4) is 17.0 Å². The Morgan fingerprint density at radius 2 is 1.93 bits per heavy atom. The summed E-state index contributed by atoms with van der Waals surface area (Å²) in [5.41, 5.74) is 1.04. The van der Waals surface area contributed by atoms with Crippen LogP contribution in [-0.2, 0) is 11.0 Å². The standard InChI is InChI=1S/C29H34F3N5O4/c1-14-10-19(7-8-21(14)37-27(39)16(3)38)36-28(40)23-15(2)35-26-24(33-13-34-25(23)26)20-11-18(29(30,31)32)6-9-22(20)41-12-17-4-5-17/h6,9,11,13-14,16-17,19,21,35,38H,4-5,7-8,10,12H2,1-3H3,(H,36,40)(H,37,39)/t14?,16-,19?,21?/m0/s1. The molecule has 0 aliphatic heterocycles. The summed E-state index contributed by atoms with van der Waals surface area (Å²) in [5, 5.41) is 15.4. The number of hydrogen-bond donors (Lipinski definition) is 4. The lowest BCUT2D eigenvalue weighted by atomic mass is 9.82. The molecule has 0 radical (unpaired) electrons. The number of aromatic amines is 1. The van der Waals surface area contributed by atoms with Crippen LogP contribution >= 0.6 is 0 Å². The quantitative estimate of drug-likeness (QED) is 0.314. The maximum Gasteiger partial charge on any atom is 0.416 e. The number of alkyl halides is 3. The highest BCUT2D eigenvalue weighted by atomic mass is 19.4. The number of carbonyl (C=O) groups excluding carboxylic acids is 2. The van der Waals surface area contributed by atoms with Gasteiger partial charge in [0, 0.05) is 23.3 Å².